The lowest BCUT2D eigenvalue weighted by Gasteiger charge is -2.37. The first-order chi connectivity index (χ1) is 24.7. The minimum absolute atomic E-state index is 0.141. The lowest BCUT2D eigenvalue weighted by atomic mass is 9.75. The standard InChI is InChI=1S/C40H56N2O10/c1-24-28-16-14-26(12-10-18-38(3)32(51-38)30(28)49-34(24)43)22-40(42-37(47)48,20-8-6-5-7-9-21-41-36(45)46)23-27-13-11-19-39(4)33(52-39)31-29(17-15-27)25(2)35(44)50-31/h12-13,28-33,41-42H,1-2,5-11,14-23H2,3-4H3,(H,45,46)(H,47,48)/b26-12+,27-13+/t28-,29-,30-,31-,32-,33-,38+,39+/m0/s1. The van der Waals surface area contributed by atoms with E-state index in [2.05, 4.69) is 49.8 Å². The van der Waals surface area contributed by atoms with Gasteiger partial charge in [0.2, 0.25) is 0 Å². The molecular weight excluding hydrogens is 668 g/mol. The summed E-state index contributed by atoms with van der Waals surface area (Å²) in [5.41, 5.74) is 1.70. The second-order valence-corrected chi connectivity index (χ2v) is 16.4. The Morgan fingerprint density at radius 3 is 1.75 bits per heavy atom. The fourth-order valence-corrected chi connectivity index (χ4v) is 9.36. The van der Waals surface area contributed by atoms with Crippen LogP contribution < -0.4 is 10.6 Å². The zero-order valence-electron chi connectivity index (χ0n) is 30.7. The molecular formula is C40H56N2O10. The van der Waals surface area contributed by atoms with E-state index in [0.717, 1.165) is 68.9 Å². The molecule has 0 unspecified atom stereocenters. The van der Waals surface area contributed by atoms with E-state index >= 15 is 0 Å². The maximum absolute atomic E-state index is 12.7. The lowest BCUT2D eigenvalue weighted by Crippen LogP contribution is -2.48. The van der Waals surface area contributed by atoms with E-state index in [0.29, 0.717) is 62.6 Å². The molecule has 2 aliphatic carbocycles. The number of allylic oxidation sites excluding steroid dienone is 2. The van der Waals surface area contributed by atoms with Gasteiger partial charge < -0.3 is 39.8 Å². The summed E-state index contributed by atoms with van der Waals surface area (Å²) >= 11 is 0. The van der Waals surface area contributed by atoms with Gasteiger partial charge in [0.1, 0.15) is 24.4 Å². The van der Waals surface area contributed by atoms with Gasteiger partial charge in [0.25, 0.3) is 0 Å². The van der Waals surface area contributed by atoms with Gasteiger partial charge in [-0.05, 0) is 90.9 Å². The fraction of sp³-hybridized carbons (Fsp3) is 0.700. The number of epoxide rings is 2. The largest absolute Gasteiger partial charge is 0.465 e. The summed E-state index contributed by atoms with van der Waals surface area (Å²) < 4.78 is 23.8. The molecule has 0 spiro atoms. The van der Waals surface area contributed by atoms with Gasteiger partial charge >= 0.3 is 24.1 Å². The van der Waals surface area contributed by atoms with Crippen molar-refractivity contribution in [3.63, 3.8) is 0 Å². The highest BCUT2D eigenvalue weighted by molar-refractivity contribution is 5.91. The second-order valence-electron chi connectivity index (χ2n) is 16.4. The van der Waals surface area contributed by atoms with Gasteiger partial charge in [-0.2, -0.15) is 0 Å². The molecule has 12 heteroatoms. The number of hydrogen-bond acceptors (Lipinski definition) is 8. The number of rotatable bonds is 13. The quantitative estimate of drug-likeness (QED) is 0.0514. The average Bonchev–Trinajstić information content (AvgIpc) is 3.88. The Labute approximate surface area is 306 Å². The van der Waals surface area contributed by atoms with Crippen LogP contribution in [0.25, 0.3) is 0 Å². The molecule has 4 aliphatic heterocycles. The zero-order chi connectivity index (χ0) is 37.3. The SMILES string of the molecule is C=C1C(=O)O[C@H]2[C@H]1CC/C(CC(CCCCCCCNC(=O)O)(C/C1=C/CC[C@@]3(C)O[C@H]3[C@H]3OC(=O)C(=C)[C@@H]3CC1)NC(=O)O)=C\CC[C@@]1(C)O[C@@H]21. The van der Waals surface area contributed by atoms with E-state index in [1.54, 1.807) is 0 Å². The number of amides is 2. The third-order valence-corrected chi connectivity index (χ3v) is 12.5. The number of unbranched alkanes of at least 4 members (excludes halogenated alkanes) is 4. The molecule has 4 N–H and O–H groups in total. The van der Waals surface area contributed by atoms with Crippen molar-refractivity contribution in [1.82, 2.24) is 10.6 Å². The fourth-order valence-electron chi connectivity index (χ4n) is 9.36. The van der Waals surface area contributed by atoms with Gasteiger partial charge in [0, 0.05) is 29.5 Å². The number of hydrogen-bond donors (Lipinski definition) is 4. The predicted molar refractivity (Wildman–Crippen MR) is 192 cm³/mol. The second kappa shape index (κ2) is 15.4. The Kier molecular flexibility index (Phi) is 11.3. The summed E-state index contributed by atoms with van der Waals surface area (Å²) in [4.78, 5) is 48.7. The Bertz CT molecular complexity index is 1430. The summed E-state index contributed by atoms with van der Waals surface area (Å²) in [6.07, 6.45) is 13.0. The highest BCUT2D eigenvalue weighted by atomic mass is 16.7. The molecule has 12 nitrogen and oxygen atoms in total. The predicted octanol–water partition coefficient (Wildman–Crippen LogP) is 6.89. The van der Waals surface area contributed by atoms with Gasteiger partial charge in [-0.1, -0.05) is 62.1 Å². The molecule has 52 heavy (non-hydrogen) atoms. The lowest BCUT2D eigenvalue weighted by molar-refractivity contribution is -0.140. The number of fused-ring (bicyclic) bond motifs is 6. The van der Waals surface area contributed by atoms with Crippen molar-refractivity contribution in [2.24, 2.45) is 11.8 Å². The summed E-state index contributed by atoms with van der Waals surface area (Å²) in [5.74, 6) is -1.05. The molecule has 2 amide bonds. The van der Waals surface area contributed by atoms with Crippen LogP contribution in [0.1, 0.15) is 117 Å². The van der Waals surface area contributed by atoms with Crippen LogP contribution >= 0.6 is 0 Å². The van der Waals surface area contributed by atoms with Crippen LogP contribution in [0, 0.1) is 11.8 Å². The number of carboxylic acid groups (broad SMARTS) is 2. The average molecular weight is 725 g/mol. The number of nitrogens with one attached hydrogen (secondary N) is 2. The first-order valence-corrected chi connectivity index (χ1v) is 19.2. The minimum atomic E-state index is -1.07. The summed E-state index contributed by atoms with van der Waals surface area (Å²) in [6.45, 7) is 12.7. The van der Waals surface area contributed by atoms with Crippen LogP contribution in [0.5, 0.6) is 0 Å². The molecule has 0 aromatic rings. The Morgan fingerprint density at radius 1 is 0.788 bits per heavy atom. The molecule has 0 aromatic carbocycles. The molecule has 6 rings (SSSR count). The molecule has 4 heterocycles. The highest BCUT2D eigenvalue weighted by Gasteiger charge is 2.62. The summed E-state index contributed by atoms with van der Waals surface area (Å²) in [6, 6.07) is 0. The van der Waals surface area contributed by atoms with Crippen molar-refractivity contribution in [2.75, 3.05) is 6.54 Å². The van der Waals surface area contributed by atoms with E-state index in [1.807, 2.05) is 0 Å². The molecule has 0 aromatic heterocycles. The van der Waals surface area contributed by atoms with E-state index in [4.69, 9.17) is 24.1 Å². The van der Waals surface area contributed by atoms with Crippen LogP contribution in [0.15, 0.2) is 47.6 Å². The summed E-state index contributed by atoms with van der Waals surface area (Å²) in [7, 11) is 0. The third kappa shape index (κ3) is 8.59. The normalized spacial score (nSPS) is 37.2. The van der Waals surface area contributed by atoms with Gasteiger partial charge in [0.05, 0.1) is 16.7 Å². The maximum atomic E-state index is 12.7. The maximum Gasteiger partial charge on any atom is 0.405 e. The van der Waals surface area contributed by atoms with Crippen molar-refractivity contribution in [1.29, 1.82) is 0 Å². The van der Waals surface area contributed by atoms with Gasteiger partial charge in [-0.25, -0.2) is 19.2 Å². The third-order valence-electron chi connectivity index (χ3n) is 12.5. The van der Waals surface area contributed by atoms with Crippen molar-refractivity contribution in [3.8, 4) is 0 Å². The smallest absolute Gasteiger partial charge is 0.405 e. The molecule has 4 fully saturated rings. The van der Waals surface area contributed by atoms with Crippen LogP contribution in [-0.4, -0.2) is 82.0 Å². The van der Waals surface area contributed by atoms with Crippen LogP contribution in [0.3, 0.4) is 0 Å². The van der Waals surface area contributed by atoms with E-state index in [-0.39, 0.29) is 59.4 Å². The monoisotopic (exact) mass is 724 g/mol. The first kappa shape index (κ1) is 38.1. The van der Waals surface area contributed by atoms with E-state index in [9.17, 15) is 24.3 Å². The molecule has 0 radical (unpaired) electrons. The Balaban J connectivity index is 1.23. The zero-order valence-corrected chi connectivity index (χ0v) is 30.7. The first-order valence-electron chi connectivity index (χ1n) is 19.2. The van der Waals surface area contributed by atoms with Crippen LogP contribution in [0.2, 0.25) is 0 Å². The highest BCUT2D eigenvalue weighted by Crippen LogP contribution is 2.52. The van der Waals surface area contributed by atoms with Crippen LogP contribution in [-0.2, 0) is 28.5 Å². The van der Waals surface area contributed by atoms with Crippen molar-refractivity contribution in [2.45, 2.75) is 158 Å². The van der Waals surface area contributed by atoms with Gasteiger partial charge in [0.15, 0.2) is 0 Å². The number of esters is 2. The van der Waals surface area contributed by atoms with Crippen molar-refractivity contribution < 1.29 is 48.3 Å². The van der Waals surface area contributed by atoms with Crippen molar-refractivity contribution in [3.05, 3.63) is 47.6 Å². The summed E-state index contributed by atoms with van der Waals surface area (Å²) in [5, 5.41) is 24.7. The molecule has 8 atom stereocenters. The number of ether oxygens (including phenoxy) is 4. The van der Waals surface area contributed by atoms with E-state index < -0.39 is 17.7 Å². The minimum Gasteiger partial charge on any atom is -0.465 e. The molecule has 6 aliphatic rings. The molecule has 0 bridgehead atoms. The van der Waals surface area contributed by atoms with Gasteiger partial charge in [-0.3, -0.25) is 0 Å². The number of carbonyl (C=O) groups is 4. The molecule has 286 valence electrons. The Morgan fingerprint density at radius 2 is 1.27 bits per heavy atom. The Hall–Kier alpha value is -3.64. The van der Waals surface area contributed by atoms with Gasteiger partial charge in [-0.15, -0.1) is 0 Å². The van der Waals surface area contributed by atoms with Crippen molar-refractivity contribution >= 4 is 24.1 Å². The molecule has 0 saturated carbocycles. The number of carbonyl (C=O) groups excluding carboxylic acids is 2. The van der Waals surface area contributed by atoms with Crippen LogP contribution in [0.4, 0.5) is 9.59 Å². The van der Waals surface area contributed by atoms with E-state index in [1.165, 1.54) is 0 Å². The molecule has 4 saturated heterocycles. The topological polar surface area (TPSA) is 176 Å².